The summed E-state index contributed by atoms with van der Waals surface area (Å²) >= 11 is 3.00. The number of benzene rings is 2. The van der Waals surface area contributed by atoms with Crippen molar-refractivity contribution in [1.29, 1.82) is 0 Å². The van der Waals surface area contributed by atoms with E-state index in [1.807, 2.05) is 0 Å². The molecule has 0 aliphatic heterocycles. The highest BCUT2D eigenvalue weighted by Crippen LogP contribution is 2.22. The van der Waals surface area contributed by atoms with Gasteiger partial charge in [-0.05, 0) is 52.3 Å². The van der Waals surface area contributed by atoms with Crippen LogP contribution in [0.4, 0.5) is 8.78 Å². The Bertz CT molecular complexity index is 641. The predicted molar refractivity (Wildman–Crippen MR) is 70.5 cm³/mol. The monoisotopic (exact) mass is 326 g/mol. The van der Waals surface area contributed by atoms with Gasteiger partial charge in [0.1, 0.15) is 5.82 Å². The van der Waals surface area contributed by atoms with Crippen LogP contribution in [0, 0.1) is 11.6 Å². The molecule has 0 heterocycles. The third kappa shape index (κ3) is 2.81. The van der Waals surface area contributed by atoms with Crippen molar-refractivity contribution in [2.75, 3.05) is 7.11 Å². The van der Waals surface area contributed by atoms with Crippen molar-refractivity contribution >= 4 is 21.7 Å². The Balaban J connectivity index is 2.38. The number of rotatable bonds is 3. The topological polar surface area (TPSA) is 26.3 Å². The summed E-state index contributed by atoms with van der Waals surface area (Å²) in [6.07, 6.45) is 0. The summed E-state index contributed by atoms with van der Waals surface area (Å²) in [5.41, 5.74) is 0.297. The minimum Gasteiger partial charge on any atom is -0.494 e. The van der Waals surface area contributed by atoms with Crippen LogP contribution in [0.25, 0.3) is 0 Å². The van der Waals surface area contributed by atoms with Gasteiger partial charge in [-0.1, -0.05) is 0 Å². The first kappa shape index (κ1) is 13.7. The van der Waals surface area contributed by atoms with Gasteiger partial charge in [0.2, 0.25) is 0 Å². The van der Waals surface area contributed by atoms with E-state index < -0.39 is 17.4 Å². The molecule has 2 aromatic rings. The summed E-state index contributed by atoms with van der Waals surface area (Å²) in [6.45, 7) is 0. The summed E-state index contributed by atoms with van der Waals surface area (Å²) in [4.78, 5) is 12.1. The molecule has 0 saturated carbocycles. The quantitative estimate of drug-likeness (QED) is 0.798. The van der Waals surface area contributed by atoms with Gasteiger partial charge in [0.15, 0.2) is 17.3 Å². The van der Waals surface area contributed by atoms with Crippen molar-refractivity contribution in [3.63, 3.8) is 0 Å². The van der Waals surface area contributed by atoms with Gasteiger partial charge in [-0.25, -0.2) is 8.78 Å². The van der Waals surface area contributed by atoms with E-state index in [4.69, 9.17) is 4.74 Å². The highest BCUT2D eigenvalue weighted by atomic mass is 79.9. The first-order valence-electron chi connectivity index (χ1n) is 5.36. The molecule has 2 rings (SSSR count). The van der Waals surface area contributed by atoms with E-state index in [0.29, 0.717) is 0 Å². The summed E-state index contributed by atoms with van der Waals surface area (Å²) < 4.78 is 31.9. The van der Waals surface area contributed by atoms with E-state index in [2.05, 4.69) is 15.9 Å². The maximum atomic E-state index is 13.5. The molecule has 0 aliphatic carbocycles. The average molecular weight is 327 g/mol. The second-order valence-electron chi connectivity index (χ2n) is 3.81. The summed E-state index contributed by atoms with van der Waals surface area (Å²) in [6, 6.07) is 7.87. The first-order valence-corrected chi connectivity index (χ1v) is 6.15. The van der Waals surface area contributed by atoms with Crippen LogP contribution >= 0.6 is 15.9 Å². The Morgan fingerprint density at radius 1 is 1.05 bits per heavy atom. The van der Waals surface area contributed by atoms with Crippen molar-refractivity contribution in [3.05, 3.63) is 63.6 Å². The fraction of sp³-hybridized carbons (Fsp3) is 0.0714. The largest absolute Gasteiger partial charge is 0.494 e. The number of methoxy groups -OCH3 is 1. The van der Waals surface area contributed by atoms with Gasteiger partial charge >= 0.3 is 0 Å². The van der Waals surface area contributed by atoms with Crippen LogP contribution in [-0.4, -0.2) is 12.9 Å². The van der Waals surface area contributed by atoms with Gasteiger partial charge in [-0.2, -0.15) is 0 Å². The molecular formula is C14H9BrF2O2. The molecule has 0 saturated heterocycles. The molecule has 0 unspecified atom stereocenters. The Hall–Kier alpha value is -1.75. The Morgan fingerprint density at radius 2 is 1.63 bits per heavy atom. The van der Waals surface area contributed by atoms with Crippen molar-refractivity contribution in [2.24, 2.45) is 0 Å². The molecule has 0 N–H and O–H groups in total. The van der Waals surface area contributed by atoms with E-state index in [-0.39, 0.29) is 21.3 Å². The van der Waals surface area contributed by atoms with E-state index >= 15 is 0 Å². The molecule has 0 bridgehead atoms. The number of halogens is 3. The zero-order valence-electron chi connectivity index (χ0n) is 9.91. The Morgan fingerprint density at radius 3 is 2.16 bits per heavy atom. The fourth-order valence-corrected chi connectivity index (χ4v) is 1.86. The van der Waals surface area contributed by atoms with E-state index in [0.717, 1.165) is 12.1 Å². The maximum absolute atomic E-state index is 13.5. The molecule has 0 aliphatic rings. The fourth-order valence-electron chi connectivity index (χ4n) is 1.61. The summed E-state index contributed by atoms with van der Waals surface area (Å²) in [5, 5.41) is 0. The Labute approximate surface area is 117 Å². The van der Waals surface area contributed by atoms with Gasteiger partial charge in [0, 0.05) is 11.1 Å². The van der Waals surface area contributed by atoms with Crippen molar-refractivity contribution < 1.29 is 18.3 Å². The lowest BCUT2D eigenvalue weighted by molar-refractivity contribution is 0.103. The second kappa shape index (κ2) is 5.48. The first-order chi connectivity index (χ1) is 9.02. The van der Waals surface area contributed by atoms with Gasteiger partial charge in [-0.3, -0.25) is 4.79 Å². The molecule has 0 atom stereocenters. The van der Waals surface area contributed by atoms with Crippen LogP contribution in [0.2, 0.25) is 0 Å². The number of ketones is 1. The lowest BCUT2D eigenvalue weighted by Gasteiger charge is -2.05. The van der Waals surface area contributed by atoms with Gasteiger partial charge < -0.3 is 4.74 Å². The number of ether oxygens (including phenoxy) is 1. The Kier molecular flexibility index (Phi) is 3.95. The molecule has 98 valence electrons. The average Bonchev–Trinajstić information content (AvgIpc) is 2.41. The highest BCUT2D eigenvalue weighted by Gasteiger charge is 2.13. The lowest BCUT2D eigenvalue weighted by Crippen LogP contribution is -2.03. The number of hydrogen-bond donors (Lipinski definition) is 0. The number of hydrogen-bond acceptors (Lipinski definition) is 2. The normalized spacial score (nSPS) is 10.3. The van der Waals surface area contributed by atoms with Crippen LogP contribution in [0.5, 0.6) is 5.75 Å². The molecule has 19 heavy (non-hydrogen) atoms. The number of carbonyl (C=O) groups excluding carboxylic acids is 1. The van der Waals surface area contributed by atoms with Gasteiger partial charge in [0.05, 0.1) is 11.6 Å². The molecule has 5 heteroatoms. The highest BCUT2D eigenvalue weighted by molar-refractivity contribution is 9.10. The predicted octanol–water partition coefficient (Wildman–Crippen LogP) is 3.97. The lowest BCUT2D eigenvalue weighted by atomic mass is 10.0. The van der Waals surface area contributed by atoms with E-state index in [9.17, 15) is 13.6 Å². The van der Waals surface area contributed by atoms with Crippen molar-refractivity contribution in [1.82, 2.24) is 0 Å². The molecule has 2 aromatic carbocycles. The summed E-state index contributed by atoms with van der Waals surface area (Å²) in [5.74, 6) is -1.57. The standard InChI is InChI=1S/C14H9BrF2O2/c1-19-13-5-3-9(7-12(13)17)14(18)8-2-4-10(15)11(16)6-8/h2-7H,1H3. The minimum absolute atomic E-state index is 0.0542. The molecule has 0 radical (unpaired) electrons. The second-order valence-corrected chi connectivity index (χ2v) is 4.66. The van der Waals surface area contributed by atoms with Crippen LogP contribution in [0.1, 0.15) is 15.9 Å². The third-order valence-electron chi connectivity index (χ3n) is 2.60. The van der Waals surface area contributed by atoms with Crippen molar-refractivity contribution in [3.8, 4) is 5.75 Å². The van der Waals surface area contributed by atoms with Crippen LogP contribution < -0.4 is 4.74 Å². The third-order valence-corrected chi connectivity index (χ3v) is 3.24. The van der Waals surface area contributed by atoms with Crippen LogP contribution in [0.15, 0.2) is 40.9 Å². The SMILES string of the molecule is COc1ccc(C(=O)c2ccc(Br)c(F)c2)cc1F. The maximum Gasteiger partial charge on any atom is 0.193 e. The molecule has 0 spiro atoms. The zero-order chi connectivity index (χ0) is 14.0. The van der Waals surface area contributed by atoms with E-state index in [1.54, 1.807) is 0 Å². The van der Waals surface area contributed by atoms with Crippen molar-refractivity contribution in [2.45, 2.75) is 0 Å². The zero-order valence-corrected chi connectivity index (χ0v) is 11.5. The molecular weight excluding hydrogens is 318 g/mol. The molecule has 2 nitrogen and oxygen atoms in total. The number of carbonyl (C=O) groups is 1. The molecule has 0 aromatic heterocycles. The van der Waals surface area contributed by atoms with E-state index in [1.165, 1.54) is 31.4 Å². The summed E-state index contributed by atoms with van der Waals surface area (Å²) in [7, 11) is 1.34. The van der Waals surface area contributed by atoms with Gasteiger partial charge in [0.25, 0.3) is 0 Å². The minimum atomic E-state index is -0.633. The molecule has 0 amide bonds. The van der Waals surface area contributed by atoms with Crippen LogP contribution in [-0.2, 0) is 0 Å². The van der Waals surface area contributed by atoms with Gasteiger partial charge in [-0.15, -0.1) is 0 Å². The van der Waals surface area contributed by atoms with Crippen LogP contribution in [0.3, 0.4) is 0 Å². The smallest absolute Gasteiger partial charge is 0.193 e. The molecule has 0 fully saturated rings.